The summed E-state index contributed by atoms with van der Waals surface area (Å²) in [5, 5.41) is 20.8. The number of ketones is 2. The van der Waals surface area contributed by atoms with Gasteiger partial charge in [0.1, 0.15) is 5.75 Å². The van der Waals surface area contributed by atoms with E-state index in [1.165, 1.54) is 24.3 Å². The highest BCUT2D eigenvalue weighted by Crippen LogP contribution is 2.41. The average Bonchev–Trinajstić information content (AvgIpc) is 2.70. The predicted octanol–water partition coefficient (Wildman–Crippen LogP) is 2.22. The van der Waals surface area contributed by atoms with Crippen LogP contribution in [-0.4, -0.2) is 21.8 Å². The Morgan fingerprint density at radius 1 is 1.00 bits per heavy atom. The number of benzene rings is 2. The molecular weight excluding hydrogens is 268 g/mol. The van der Waals surface area contributed by atoms with Gasteiger partial charge in [-0.25, -0.2) is 0 Å². The molecule has 4 nitrogen and oxygen atoms in total. The normalized spacial score (nSPS) is 16.1. The summed E-state index contributed by atoms with van der Waals surface area (Å²) in [6.45, 7) is 1.92. The topological polar surface area (TPSA) is 74.6 Å². The van der Waals surface area contributed by atoms with Gasteiger partial charge in [-0.3, -0.25) is 9.59 Å². The molecule has 0 fully saturated rings. The molecule has 0 radical (unpaired) electrons. The Morgan fingerprint density at radius 2 is 1.57 bits per heavy atom. The molecule has 0 unspecified atom stereocenters. The van der Waals surface area contributed by atoms with Gasteiger partial charge in [0.2, 0.25) is 17.2 Å². The number of aliphatic hydroxyl groups is 1. The van der Waals surface area contributed by atoms with Crippen LogP contribution in [0.25, 0.3) is 0 Å². The highest BCUT2D eigenvalue weighted by atomic mass is 16.3. The largest absolute Gasteiger partial charge is 0.508 e. The molecule has 4 heteroatoms. The van der Waals surface area contributed by atoms with E-state index in [1.807, 2.05) is 6.92 Å². The van der Waals surface area contributed by atoms with E-state index < -0.39 is 17.2 Å². The number of carbonyl (C=O) groups excluding carboxylic acids is 2. The lowest BCUT2D eigenvalue weighted by Crippen LogP contribution is -2.38. The third-order valence-corrected chi connectivity index (χ3v) is 3.93. The molecule has 21 heavy (non-hydrogen) atoms. The van der Waals surface area contributed by atoms with Gasteiger partial charge in [0, 0.05) is 16.7 Å². The molecule has 0 aliphatic heterocycles. The zero-order valence-corrected chi connectivity index (χ0v) is 11.5. The summed E-state index contributed by atoms with van der Waals surface area (Å²) in [4.78, 5) is 24.9. The number of aromatic hydroxyl groups is 1. The minimum absolute atomic E-state index is 0.0640. The van der Waals surface area contributed by atoms with Crippen molar-refractivity contribution < 1.29 is 19.8 Å². The zero-order valence-electron chi connectivity index (χ0n) is 11.5. The van der Waals surface area contributed by atoms with Crippen LogP contribution in [0.1, 0.15) is 38.8 Å². The molecule has 1 aliphatic carbocycles. The number of phenolic OH excluding ortho intramolecular Hbond substituents is 1. The predicted molar refractivity (Wildman–Crippen MR) is 76.5 cm³/mol. The number of fused-ring (bicyclic) bond motifs is 1. The van der Waals surface area contributed by atoms with Crippen molar-refractivity contribution in [2.75, 3.05) is 0 Å². The van der Waals surface area contributed by atoms with Crippen LogP contribution in [0.2, 0.25) is 0 Å². The van der Waals surface area contributed by atoms with Crippen molar-refractivity contribution in [2.45, 2.75) is 18.9 Å². The number of carbonyl (C=O) groups is 2. The molecule has 3 rings (SSSR count). The van der Waals surface area contributed by atoms with E-state index in [0.29, 0.717) is 6.42 Å². The summed E-state index contributed by atoms with van der Waals surface area (Å²) in [6.07, 6.45) is 0.703. The Balaban J connectivity index is 2.19. The van der Waals surface area contributed by atoms with Crippen LogP contribution < -0.4 is 0 Å². The van der Waals surface area contributed by atoms with E-state index in [4.69, 9.17) is 0 Å². The van der Waals surface area contributed by atoms with E-state index in [2.05, 4.69) is 0 Å². The number of hydrogen-bond donors (Lipinski definition) is 2. The molecule has 2 aromatic carbocycles. The second kappa shape index (κ2) is 4.53. The molecule has 1 aliphatic rings. The summed E-state index contributed by atoms with van der Waals surface area (Å²) in [5.41, 5.74) is -1.17. The molecule has 106 valence electrons. The first-order valence-corrected chi connectivity index (χ1v) is 6.73. The van der Waals surface area contributed by atoms with Crippen molar-refractivity contribution in [3.05, 3.63) is 64.7 Å². The summed E-state index contributed by atoms with van der Waals surface area (Å²) >= 11 is 0. The fourth-order valence-corrected chi connectivity index (χ4v) is 2.72. The number of rotatable bonds is 2. The molecule has 0 saturated heterocycles. The standard InChI is InChI=1S/C17H14O4/c1-2-10-7-8-13(14(18)9-10)17(21)15(19)11-5-3-4-6-12(11)16(17)20/h3-9,18,21H,2H2,1H3. The molecule has 0 spiro atoms. The van der Waals surface area contributed by atoms with Crippen molar-refractivity contribution >= 4 is 11.6 Å². The van der Waals surface area contributed by atoms with Crippen LogP contribution in [0.15, 0.2) is 42.5 Å². The molecule has 0 heterocycles. The van der Waals surface area contributed by atoms with Gasteiger partial charge in [0.25, 0.3) is 0 Å². The number of aryl methyl sites for hydroxylation is 1. The van der Waals surface area contributed by atoms with E-state index in [0.717, 1.165) is 5.56 Å². The van der Waals surface area contributed by atoms with Gasteiger partial charge in [-0.05, 0) is 18.1 Å². The summed E-state index contributed by atoms with van der Waals surface area (Å²) in [5.74, 6) is -1.63. The van der Waals surface area contributed by atoms with Gasteiger partial charge < -0.3 is 10.2 Å². The van der Waals surface area contributed by atoms with Gasteiger partial charge in [-0.2, -0.15) is 0 Å². The van der Waals surface area contributed by atoms with Gasteiger partial charge in [-0.15, -0.1) is 0 Å². The van der Waals surface area contributed by atoms with Crippen molar-refractivity contribution in [3.8, 4) is 5.75 Å². The zero-order chi connectivity index (χ0) is 15.2. The van der Waals surface area contributed by atoms with E-state index >= 15 is 0 Å². The maximum Gasteiger partial charge on any atom is 0.220 e. The molecule has 0 saturated carbocycles. The fourth-order valence-electron chi connectivity index (χ4n) is 2.72. The third kappa shape index (κ3) is 1.73. The third-order valence-electron chi connectivity index (χ3n) is 3.93. The molecule has 2 aromatic rings. The Morgan fingerprint density at radius 3 is 2.05 bits per heavy atom. The first kappa shape index (κ1) is 13.5. The summed E-state index contributed by atoms with van der Waals surface area (Å²) in [7, 11) is 0. The molecule has 0 bridgehead atoms. The maximum absolute atomic E-state index is 12.5. The first-order valence-electron chi connectivity index (χ1n) is 6.73. The first-order chi connectivity index (χ1) is 10.00. The Kier molecular flexibility index (Phi) is 2.92. The molecule has 0 aromatic heterocycles. The smallest absolute Gasteiger partial charge is 0.220 e. The molecule has 2 N–H and O–H groups in total. The van der Waals surface area contributed by atoms with Gasteiger partial charge in [0.15, 0.2) is 0 Å². The lowest BCUT2D eigenvalue weighted by Gasteiger charge is -2.21. The maximum atomic E-state index is 12.5. The SMILES string of the molecule is CCc1ccc(C2(O)C(=O)c3ccccc3C2=O)c(O)c1. The van der Waals surface area contributed by atoms with Crippen LogP contribution in [-0.2, 0) is 12.0 Å². The highest BCUT2D eigenvalue weighted by Gasteiger charge is 2.54. The Labute approximate surface area is 121 Å². The lowest BCUT2D eigenvalue weighted by molar-refractivity contribution is 0.0312. The monoisotopic (exact) mass is 282 g/mol. The van der Waals surface area contributed by atoms with Crippen molar-refractivity contribution in [1.29, 1.82) is 0 Å². The second-order valence-electron chi connectivity index (χ2n) is 5.12. The van der Waals surface area contributed by atoms with Crippen molar-refractivity contribution in [3.63, 3.8) is 0 Å². The van der Waals surface area contributed by atoms with Crippen LogP contribution in [0.5, 0.6) is 5.75 Å². The van der Waals surface area contributed by atoms with Gasteiger partial charge >= 0.3 is 0 Å². The minimum Gasteiger partial charge on any atom is -0.508 e. The Hall–Kier alpha value is -2.46. The highest BCUT2D eigenvalue weighted by molar-refractivity contribution is 6.32. The summed E-state index contributed by atoms with van der Waals surface area (Å²) in [6, 6.07) is 10.9. The van der Waals surface area contributed by atoms with Crippen molar-refractivity contribution in [2.24, 2.45) is 0 Å². The van der Waals surface area contributed by atoms with E-state index in [9.17, 15) is 19.8 Å². The fraction of sp³-hybridized carbons (Fsp3) is 0.176. The second-order valence-corrected chi connectivity index (χ2v) is 5.12. The summed E-state index contributed by atoms with van der Waals surface area (Å²) < 4.78 is 0. The molecule has 0 amide bonds. The minimum atomic E-state index is -2.33. The van der Waals surface area contributed by atoms with Crippen LogP contribution in [0.3, 0.4) is 0 Å². The van der Waals surface area contributed by atoms with Crippen LogP contribution >= 0.6 is 0 Å². The molecular formula is C17H14O4. The van der Waals surface area contributed by atoms with Crippen LogP contribution in [0.4, 0.5) is 0 Å². The number of hydrogen-bond acceptors (Lipinski definition) is 4. The lowest BCUT2D eigenvalue weighted by atomic mass is 9.87. The quantitative estimate of drug-likeness (QED) is 0.828. The number of Topliss-reactive ketones (excluding diaryl/α,β-unsaturated/α-hetero) is 2. The van der Waals surface area contributed by atoms with Crippen molar-refractivity contribution in [1.82, 2.24) is 0 Å². The molecule has 0 atom stereocenters. The van der Waals surface area contributed by atoms with Gasteiger partial charge in [0.05, 0.1) is 0 Å². The number of phenols is 1. The van der Waals surface area contributed by atoms with E-state index in [1.54, 1.807) is 18.2 Å². The van der Waals surface area contributed by atoms with E-state index in [-0.39, 0.29) is 22.4 Å². The van der Waals surface area contributed by atoms with Gasteiger partial charge in [-0.1, -0.05) is 43.3 Å². The van der Waals surface area contributed by atoms with Crippen LogP contribution in [0, 0.1) is 0 Å². The Bertz CT molecular complexity index is 726. The average molecular weight is 282 g/mol.